The van der Waals surface area contributed by atoms with Crippen LogP contribution >= 0.6 is 0 Å². The molecule has 1 saturated heterocycles. The highest BCUT2D eigenvalue weighted by Crippen LogP contribution is 2.68. The number of rotatable bonds is 5. The summed E-state index contributed by atoms with van der Waals surface area (Å²) in [5, 5.41) is 21.7. The third kappa shape index (κ3) is 2.22. The highest BCUT2D eigenvalue weighted by atomic mass is 16.5. The van der Waals surface area contributed by atoms with E-state index < -0.39 is 11.5 Å². The zero-order valence-corrected chi connectivity index (χ0v) is 19.2. The SMILES string of the molecule is CCC1COc2c(OC)c(OC)cc3c2N1C1CC(O)C2(CCO)C=CCN4CCC31C42. The minimum atomic E-state index is -0.503. The minimum Gasteiger partial charge on any atom is -0.493 e. The third-order valence-electron chi connectivity index (χ3n) is 9.13. The monoisotopic (exact) mass is 442 g/mol. The molecule has 1 saturated carbocycles. The van der Waals surface area contributed by atoms with Gasteiger partial charge < -0.3 is 29.3 Å². The maximum absolute atomic E-state index is 11.6. The van der Waals surface area contributed by atoms with Crippen molar-refractivity contribution in [2.45, 2.75) is 62.3 Å². The standard InChI is InChI=1S/C25H34N2O5/c1-4-15-14-32-22-20-16(12-17(30-2)21(22)31-3)25-7-10-26-9-5-6-24(8-11-28,23(25)26)19(29)13-18(25)27(15)20/h5-6,12,15,18-19,23,28-29H,4,7-11,13-14H2,1-3H3. The molecule has 1 aromatic carbocycles. The van der Waals surface area contributed by atoms with E-state index in [1.165, 1.54) is 5.56 Å². The van der Waals surface area contributed by atoms with Crippen molar-refractivity contribution in [3.05, 3.63) is 23.8 Å². The van der Waals surface area contributed by atoms with Crippen LogP contribution in [0.1, 0.15) is 38.2 Å². The van der Waals surface area contributed by atoms with Gasteiger partial charge in [0.25, 0.3) is 0 Å². The first-order chi connectivity index (χ1) is 15.6. The molecule has 0 amide bonds. The summed E-state index contributed by atoms with van der Waals surface area (Å²) < 4.78 is 17.9. The molecule has 0 aromatic heterocycles. The van der Waals surface area contributed by atoms with Crippen LogP contribution in [0.2, 0.25) is 0 Å². The second-order valence-corrected chi connectivity index (χ2v) is 10.1. The first-order valence-corrected chi connectivity index (χ1v) is 12.0. The molecule has 1 aromatic rings. The van der Waals surface area contributed by atoms with E-state index in [-0.39, 0.29) is 30.1 Å². The lowest BCUT2D eigenvalue weighted by molar-refractivity contribution is -0.0802. The molecule has 6 atom stereocenters. The van der Waals surface area contributed by atoms with Gasteiger partial charge in [0, 0.05) is 36.1 Å². The maximum Gasteiger partial charge on any atom is 0.205 e. The number of hydrogen-bond acceptors (Lipinski definition) is 7. The van der Waals surface area contributed by atoms with Gasteiger partial charge in [0.2, 0.25) is 5.75 Å². The highest BCUT2D eigenvalue weighted by molar-refractivity contribution is 5.81. The Morgan fingerprint density at radius 1 is 1.28 bits per heavy atom. The van der Waals surface area contributed by atoms with Crippen LogP contribution in [-0.4, -0.2) is 79.9 Å². The molecule has 7 heteroatoms. The second kappa shape index (κ2) is 7.02. The molecule has 0 radical (unpaired) electrons. The van der Waals surface area contributed by atoms with Gasteiger partial charge in [-0.25, -0.2) is 0 Å². The van der Waals surface area contributed by atoms with E-state index in [0.29, 0.717) is 30.9 Å². The lowest BCUT2D eigenvalue weighted by Gasteiger charge is -2.59. The van der Waals surface area contributed by atoms with Gasteiger partial charge in [0.15, 0.2) is 11.5 Å². The smallest absolute Gasteiger partial charge is 0.205 e. The molecule has 4 aliphatic heterocycles. The van der Waals surface area contributed by atoms with Gasteiger partial charge >= 0.3 is 0 Å². The van der Waals surface area contributed by atoms with Crippen molar-refractivity contribution in [1.82, 2.24) is 4.90 Å². The second-order valence-electron chi connectivity index (χ2n) is 10.1. The number of benzene rings is 1. The van der Waals surface area contributed by atoms with Gasteiger partial charge in [-0.1, -0.05) is 19.1 Å². The van der Waals surface area contributed by atoms with Crippen LogP contribution < -0.4 is 19.1 Å². The number of nitrogens with zero attached hydrogens (tertiary/aromatic N) is 2. The molecule has 2 fully saturated rings. The predicted octanol–water partition coefficient (Wildman–Crippen LogP) is 2.08. The number of ether oxygens (including phenoxy) is 3. The number of aliphatic hydroxyl groups is 2. The average Bonchev–Trinajstić information content (AvgIpc) is 3.34. The largest absolute Gasteiger partial charge is 0.493 e. The summed E-state index contributed by atoms with van der Waals surface area (Å²) in [6, 6.07) is 2.75. The van der Waals surface area contributed by atoms with Crippen LogP contribution in [0.4, 0.5) is 5.69 Å². The van der Waals surface area contributed by atoms with E-state index in [1.807, 2.05) is 0 Å². The van der Waals surface area contributed by atoms with Crippen LogP contribution in [0.5, 0.6) is 17.2 Å². The first-order valence-electron chi connectivity index (χ1n) is 12.0. The van der Waals surface area contributed by atoms with Gasteiger partial charge in [0.1, 0.15) is 6.61 Å². The summed E-state index contributed by atoms with van der Waals surface area (Å²) in [6.07, 6.45) is 7.17. The van der Waals surface area contributed by atoms with Crippen LogP contribution in [-0.2, 0) is 5.41 Å². The summed E-state index contributed by atoms with van der Waals surface area (Å²) in [5.41, 5.74) is 1.81. The fourth-order valence-corrected chi connectivity index (χ4v) is 7.99. The van der Waals surface area contributed by atoms with Crippen molar-refractivity contribution >= 4 is 5.69 Å². The summed E-state index contributed by atoms with van der Waals surface area (Å²) >= 11 is 0. The van der Waals surface area contributed by atoms with E-state index >= 15 is 0 Å². The Balaban J connectivity index is 1.65. The quantitative estimate of drug-likeness (QED) is 0.677. The van der Waals surface area contributed by atoms with Crippen molar-refractivity contribution in [3.63, 3.8) is 0 Å². The molecule has 32 heavy (non-hydrogen) atoms. The minimum absolute atomic E-state index is 0.0704. The molecule has 0 bridgehead atoms. The first kappa shape index (κ1) is 20.6. The number of aliphatic hydroxyl groups excluding tert-OH is 2. The number of fused-ring (bicyclic) bond motifs is 1. The highest BCUT2D eigenvalue weighted by Gasteiger charge is 2.71. The van der Waals surface area contributed by atoms with E-state index in [2.05, 4.69) is 34.9 Å². The van der Waals surface area contributed by atoms with Crippen LogP contribution in [0.25, 0.3) is 0 Å². The fourth-order valence-electron chi connectivity index (χ4n) is 7.99. The van der Waals surface area contributed by atoms with Gasteiger partial charge in [0.05, 0.1) is 32.1 Å². The Morgan fingerprint density at radius 3 is 2.84 bits per heavy atom. The molecule has 1 aliphatic carbocycles. The van der Waals surface area contributed by atoms with Crippen molar-refractivity contribution in [3.8, 4) is 17.2 Å². The van der Waals surface area contributed by atoms with Gasteiger partial charge in [-0.2, -0.15) is 0 Å². The van der Waals surface area contributed by atoms with E-state index in [4.69, 9.17) is 14.2 Å². The Bertz CT molecular complexity index is 966. The van der Waals surface area contributed by atoms with Crippen LogP contribution in [0.15, 0.2) is 18.2 Å². The Hall–Kier alpha value is -1.96. The number of hydrogen-bond donors (Lipinski definition) is 2. The normalized spacial score (nSPS) is 38.7. The average molecular weight is 443 g/mol. The number of anilines is 1. The molecule has 1 spiro atoms. The molecule has 6 unspecified atom stereocenters. The Labute approximate surface area is 189 Å². The summed E-state index contributed by atoms with van der Waals surface area (Å²) in [7, 11) is 3.35. The zero-order valence-electron chi connectivity index (χ0n) is 19.2. The van der Waals surface area contributed by atoms with Crippen molar-refractivity contribution < 1.29 is 24.4 Å². The summed E-state index contributed by atoms with van der Waals surface area (Å²) in [4.78, 5) is 5.10. The molecular formula is C25H34N2O5. The molecule has 6 rings (SSSR count). The fraction of sp³-hybridized carbons (Fsp3) is 0.680. The van der Waals surface area contributed by atoms with Crippen molar-refractivity contribution in [2.24, 2.45) is 5.41 Å². The summed E-state index contributed by atoms with van der Waals surface area (Å²) in [5.74, 6) is 2.14. The molecule has 4 heterocycles. The maximum atomic E-state index is 11.6. The number of methoxy groups -OCH3 is 2. The van der Waals surface area contributed by atoms with Gasteiger partial charge in [-0.15, -0.1) is 0 Å². The van der Waals surface area contributed by atoms with Crippen LogP contribution in [0.3, 0.4) is 0 Å². The lowest BCUT2D eigenvalue weighted by atomic mass is 9.52. The van der Waals surface area contributed by atoms with E-state index in [1.54, 1.807) is 14.2 Å². The molecule has 7 nitrogen and oxygen atoms in total. The van der Waals surface area contributed by atoms with Crippen LogP contribution in [0, 0.1) is 5.41 Å². The van der Waals surface area contributed by atoms with Gasteiger partial charge in [-0.05, 0) is 43.9 Å². The zero-order chi connectivity index (χ0) is 22.3. The topological polar surface area (TPSA) is 74.6 Å². The molecule has 2 N–H and O–H groups in total. The lowest BCUT2D eigenvalue weighted by Crippen LogP contribution is -2.69. The Morgan fingerprint density at radius 2 is 2.12 bits per heavy atom. The molecular weight excluding hydrogens is 408 g/mol. The van der Waals surface area contributed by atoms with Crippen molar-refractivity contribution in [2.75, 3.05) is 45.4 Å². The Kier molecular flexibility index (Phi) is 4.52. The molecule has 174 valence electrons. The third-order valence-corrected chi connectivity index (χ3v) is 9.13. The summed E-state index contributed by atoms with van der Waals surface area (Å²) in [6.45, 7) is 4.76. The van der Waals surface area contributed by atoms with E-state index in [0.717, 1.165) is 37.4 Å². The molecule has 5 aliphatic rings. The van der Waals surface area contributed by atoms with Gasteiger partial charge in [-0.3, -0.25) is 4.90 Å². The van der Waals surface area contributed by atoms with Crippen molar-refractivity contribution in [1.29, 1.82) is 0 Å². The predicted molar refractivity (Wildman–Crippen MR) is 121 cm³/mol. The van der Waals surface area contributed by atoms with E-state index in [9.17, 15) is 10.2 Å².